The van der Waals surface area contributed by atoms with Crippen molar-refractivity contribution < 1.29 is 9.90 Å². The predicted octanol–water partition coefficient (Wildman–Crippen LogP) is 3.48. The van der Waals surface area contributed by atoms with E-state index in [1.807, 2.05) is 30.3 Å². The van der Waals surface area contributed by atoms with E-state index >= 15 is 0 Å². The summed E-state index contributed by atoms with van der Waals surface area (Å²) in [5.74, 6) is -0.225. The zero-order valence-electron chi connectivity index (χ0n) is 11.4. The number of nitrogens with one attached hydrogen (secondary N) is 2. The lowest BCUT2D eigenvalue weighted by molar-refractivity contribution is -0.119. The van der Waals surface area contributed by atoms with Crippen LogP contribution in [-0.2, 0) is 4.79 Å². The van der Waals surface area contributed by atoms with Crippen LogP contribution in [0, 0.1) is 0 Å². The normalized spacial score (nSPS) is 10.6. The third kappa shape index (κ3) is 4.85. The summed E-state index contributed by atoms with van der Waals surface area (Å²) in [5.41, 5.74) is 3.73. The Morgan fingerprint density at radius 2 is 1.95 bits per heavy atom. The second-order valence-corrected chi connectivity index (χ2v) is 6.11. The van der Waals surface area contributed by atoms with E-state index in [2.05, 4.69) is 47.7 Å². The Bertz CT molecular complexity index is 691. The molecule has 0 aromatic heterocycles. The number of nitrogens with zero attached hydrogens (tertiary/aromatic N) is 1. The molecule has 0 spiro atoms. The van der Waals surface area contributed by atoms with Crippen LogP contribution >= 0.6 is 31.9 Å². The molecule has 7 heteroatoms. The van der Waals surface area contributed by atoms with Crippen LogP contribution in [0.4, 0.5) is 5.69 Å². The molecule has 0 aliphatic rings. The molecular weight excluding hydrogens is 414 g/mol. The van der Waals surface area contributed by atoms with E-state index in [4.69, 9.17) is 0 Å². The molecular formula is C15H13Br2N3O2. The largest absolute Gasteiger partial charge is 0.506 e. The van der Waals surface area contributed by atoms with Gasteiger partial charge in [-0.15, -0.1) is 0 Å². The highest BCUT2D eigenvalue weighted by Gasteiger charge is 2.05. The number of rotatable bonds is 5. The molecule has 2 rings (SSSR count). The summed E-state index contributed by atoms with van der Waals surface area (Å²) in [6.45, 7) is 0.107. The molecule has 0 atom stereocenters. The van der Waals surface area contributed by atoms with Crippen LogP contribution < -0.4 is 10.7 Å². The molecule has 0 unspecified atom stereocenters. The van der Waals surface area contributed by atoms with Gasteiger partial charge in [0.25, 0.3) is 5.91 Å². The third-order valence-electron chi connectivity index (χ3n) is 2.68. The fourth-order valence-electron chi connectivity index (χ4n) is 1.64. The first kappa shape index (κ1) is 16.5. The van der Waals surface area contributed by atoms with E-state index in [9.17, 15) is 9.90 Å². The van der Waals surface area contributed by atoms with Gasteiger partial charge in [0.1, 0.15) is 5.75 Å². The molecule has 1 amide bonds. The van der Waals surface area contributed by atoms with Crippen LogP contribution in [0.2, 0.25) is 0 Å². The molecule has 2 aromatic rings. The minimum atomic E-state index is -0.284. The Labute approximate surface area is 144 Å². The Balaban J connectivity index is 1.88. The first-order valence-corrected chi connectivity index (χ1v) is 7.93. The maximum absolute atomic E-state index is 11.7. The van der Waals surface area contributed by atoms with Gasteiger partial charge >= 0.3 is 0 Å². The highest BCUT2D eigenvalue weighted by atomic mass is 79.9. The summed E-state index contributed by atoms with van der Waals surface area (Å²) in [7, 11) is 0. The Hall–Kier alpha value is -1.86. The van der Waals surface area contributed by atoms with Gasteiger partial charge < -0.3 is 10.4 Å². The van der Waals surface area contributed by atoms with Crippen molar-refractivity contribution in [2.45, 2.75) is 0 Å². The van der Waals surface area contributed by atoms with Gasteiger partial charge in [0.15, 0.2) is 0 Å². The number of phenolic OH excluding ortho intramolecular Hbond substituents is 1. The highest BCUT2D eigenvalue weighted by molar-refractivity contribution is 9.11. The van der Waals surface area contributed by atoms with Crippen LogP contribution in [0.25, 0.3) is 0 Å². The van der Waals surface area contributed by atoms with Gasteiger partial charge in [0.05, 0.1) is 17.2 Å². The smallest absolute Gasteiger partial charge is 0.259 e. The summed E-state index contributed by atoms with van der Waals surface area (Å²) in [4.78, 5) is 11.7. The molecule has 0 aliphatic heterocycles. The van der Waals surface area contributed by atoms with Crippen LogP contribution in [-0.4, -0.2) is 23.8 Å². The quantitative estimate of drug-likeness (QED) is 0.506. The van der Waals surface area contributed by atoms with Crippen molar-refractivity contribution in [3.8, 4) is 5.75 Å². The fourth-order valence-corrected chi connectivity index (χ4v) is 2.89. The predicted molar refractivity (Wildman–Crippen MR) is 94.2 cm³/mol. The molecule has 0 saturated carbocycles. The molecule has 3 N–H and O–H groups in total. The lowest BCUT2D eigenvalue weighted by Gasteiger charge is -2.05. The Morgan fingerprint density at radius 1 is 1.23 bits per heavy atom. The van der Waals surface area contributed by atoms with Crippen molar-refractivity contribution in [3.05, 3.63) is 57.0 Å². The first-order valence-electron chi connectivity index (χ1n) is 6.35. The lowest BCUT2D eigenvalue weighted by atomic mass is 10.2. The monoisotopic (exact) mass is 425 g/mol. The van der Waals surface area contributed by atoms with Gasteiger partial charge in [-0.2, -0.15) is 5.10 Å². The topological polar surface area (TPSA) is 73.7 Å². The second kappa shape index (κ2) is 7.95. The number of phenols is 1. The minimum absolute atomic E-state index is 0.0589. The van der Waals surface area contributed by atoms with Crippen molar-refractivity contribution in [2.24, 2.45) is 5.10 Å². The molecule has 0 bridgehead atoms. The number of benzene rings is 2. The van der Waals surface area contributed by atoms with E-state index in [0.717, 1.165) is 10.2 Å². The zero-order chi connectivity index (χ0) is 15.9. The molecule has 0 fully saturated rings. The molecule has 5 nitrogen and oxygen atoms in total. The summed E-state index contributed by atoms with van der Waals surface area (Å²) < 4.78 is 1.33. The average molecular weight is 427 g/mol. The van der Waals surface area contributed by atoms with E-state index in [-0.39, 0.29) is 18.2 Å². The van der Waals surface area contributed by atoms with Crippen molar-refractivity contribution in [1.29, 1.82) is 0 Å². The molecule has 0 radical (unpaired) electrons. The van der Waals surface area contributed by atoms with Crippen LogP contribution in [0.1, 0.15) is 5.56 Å². The molecule has 0 saturated heterocycles. The number of para-hydroxylation sites is 1. The van der Waals surface area contributed by atoms with E-state index in [1.165, 1.54) is 6.21 Å². The summed E-state index contributed by atoms with van der Waals surface area (Å²) >= 11 is 6.55. The van der Waals surface area contributed by atoms with Crippen molar-refractivity contribution in [1.82, 2.24) is 5.43 Å². The second-order valence-electron chi connectivity index (χ2n) is 4.34. The van der Waals surface area contributed by atoms with Crippen molar-refractivity contribution in [2.75, 3.05) is 11.9 Å². The maximum atomic E-state index is 11.7. The van der Waals surface area contributed by atoms with Gasteiger partial charge in [0, 0.05) is 15.7 Å². The number of amides is 1. The van der Waals surface area contributed by atoms with Crippen molar-refractivity contribution >= 4 is 49.7 Å². The van der Waals surface area contributed by atoms with Crippen molar-refractivity contribution in [3.63, 3.8) is 0 Å². The number of hydrazone groups is 1. The Kier molecular flexibility index (Phi) is 5.97. The number of hydrogen-bond acceptors (Lipinski definition) is 4. The van der Waals surface area contributed by atoms with Gasteiger partial charge in [-0.1, -0.05) is 34.1 Å². The molecule has 22 heavy (non-hydrogen) atoms. The third-order valence-corrected chi connectivity index (χ3v) is 3.74. The van der Waals surface area contributed by atoms with Crippen LogP contribution in [0.15, 0.2) is 56.5 Å². The van der Waals surface area contributed by atoms with Crippen LogP contribution in [0.3, 0.4) is 0 Å². The maximum Gasteiger partial charge on any atom is 0.259 e. The molecule has 0 heterocycles. The molecule has 2 aromatic carbocycles. The summed E-state index contributed by atoms with van der Waals surface area (Å²) in [6, 6.07) is 12.8. The number of anilines is 1. The van der Waals surface area contributed by atoms with E-state index in [0.29, 0.717) is 10.0 Å². The minimum Gasteiger partial charge on any atom is -0.506 e. The number of halogens is 2. The average Bonchev–Trinajstić information content (AvgIpc) is 2.51. The standard InChI is InChI=1S/C15H13Br2N3O2/c16-11-6-10(15(22)13(17)7-11)8-19-20-14(21)9-18-12-4-2-1-3-5-12/h1-8,18,22H,9H2,(H,20,21)/b19-8+. The van der Waals surface area contributed by atoms with Gasteiger partial charge in [-0.3, -0.25) is 4.79 Å². The number of carbonyl (C=O) groups is 1. The number of aromatic hydroxyl groups is 1. The van der Waals surface area contributed by atoms with Gasteiger partial charge in [0.2, 0.25) is 0 Å². The summed E-state index contributed by atoms with van der Waals surface area (Å²) in [5, 5.41) is 16.7. The highest BCUT2D eigenvalue weighted by Crippen LogP contribution is 2.30. The van der Waals surface area contributed by atoms with E-state index in [1.54, 1.807) is 12.1 Å². The Morgan fingerprint density at radius 3 is 2.68 bits per heavy atom. The van der Waals surface area contributed by atoms with E-state index < -0.39 is 0 Å². The lowest BCUT2D eigenvalue weighted by Crippen LogP contribution is -2.25. The summed E-state index contributed by atoms with van der Waals surface area (Å²) in [6.07, 6.45) is 1.38. The SMILES string of the molecule is O=C(CNc1ccccc1)N/N=C/c1cc(Br)cc(Br)c1O. The molecule has 114 valence electrons. The zero-order valence-corrected chi connectivity index (χ0v) is 14.6. The number of hydrogen-bond donors (Lipinski definition) is 3. The molecule has 0 aliphatic carbocycles. The fraction of sp³-hybridized carbons (Fsp3) is 0.0667. The van der Waals surface area contributed by atoms with Gasteiger partial charge in [-0.25, -0.2) is 5.43 Å². The van der Waals surface area contributed by atoms with Crippen LogP contribution in [0.5, 0.6) is 5.75 Å². The van der Waals surface area contributed by atoms with Gasteiger partial charge in [-0.05, 0) is 40.2 Å². The first-order chi connectivity index (χ1) is 10.6. The number of carbonyl (C=O) groups excluding carboxylic acids is 1.